The zero-order valence-corrected chi connectivity index (χ0v) is 8.72. The van der Waals surface area contributed by atoms with E-state index in [0.29, 0.717) is 6.04 Å². The summed E-state index contributed by atoms with van der Waals surface area (Å²) in [6, 6.07) is 0.431. The Bertz CT molecular complexity index is 271. The minimum Gasteiger partial charge on any atom is -0.775 e. The van der Waals surface area contributed by atoms with Gasteiger partial charge in [0.2, 0.25) is 0 Å². The van der Waals surface area contributed by atoms with E-state index in [0.717, 1.165) is 18.8 Å². The SMILES string of the molecule is CC1CCC(N2C=C(/N=N/[O-])ON2)CC1. The van der Waals surface area contributed by atoms with Gasteiger partial charge in [-0.25, -0.2) is 5.28 Å². The van der Waals surface area contributed by atoms with E-state index in [1.807, 2.05) is 5.01 Å². The maximum Gasteiger partial charge on any atom is 0.275 e. The van der Waals surface area contributed by atoms with E-state index in [4.69, 9.17) is 4.84 Å². The summed E-state index contributed by atoms with van der Waals surface area (Å²) in [6.07, 6.45) is 6.41. The van der Waals surface area contributed by atoms with Crippen LogP contribution in [0, 0.1) is 11.1 Å². The first kappa shape index (κ1) is 10.2. The van der Waals surface area contributed by atoms with E-state index in [1.165, 1.54) is 12.8 Å². The van der Waals surface area contributed by atoms with E-state index in [-0.39, 0.29) is 5.88 Å². The summed E-state index contributed by atoms with van der Waals surface area (Å²) in [5.74, 6) is 1.04. The number of nitrogens with zero attached hydrogens (tertiary/aromatic N) is 3. The molecular weight excluding hydrogens is 196 g/mol. The van der Waals surface area contributed by atoms with Crippen LogP contribution in [-0.2, 0) is 4.84 Å². The number of hydrogen-bond acceptors (Lipinski definition) is 6. The standard InChI is InChI=1S/C9H16N4O2/c1-7-2-4-8(5-3-7)13-6-9(10-11-14)15-12-13/h6-8,12H,2-5H2,1H3,(H,10,14)/p-1. The minimum atomic E-state index is 0.226. The smallest absolute Gasteiger partial charge is 0.275 e. The molecule has 0 spiro atoms. The predicted octanol–water partition coefficient (Wildman–Crippen LogP) is 2.07. The van der Waals surface area contributed by atoms with Crippen molar-refractivity contribution < 1.29 is 4.84 Å². The van der Waals surface area contributed by atoms with E-state index in [1.54, 1.807) is 6.20 Å². The van der Waals surface area contributed by atoms with Crippen LogP contribution >= 0.6 is 0 Å². The van der Waals surface area contributed by atoms with Crippen molar-refractivity contribution in [3.63, 3.8) is 0 Å². The summed E-state index contributed by atoms with van der Waals surface area (Å²) in [7, 11) is 0. The Morgan fingerprint density at radius 3 is 2.87 bits per heavy atom. The molecule has 6 heteroatoms. The molecule has 1 aliphatic carbocycles. The lowest BCUT2D eigenvalue weighted by Crippen LogP contribution is -2.39. The molecule has 0 unspecified atom stereocenters. The molecular formula is C9H15N4O2-. The summed E-state index contributed by atoms with van der Waals surface area (Å²) < 4.78 is 0. The van der Waals surface area contributed by atoms with Gasteiger partial charge < -0.3 is 10.0 Å². The van der Waals surface area contributed by atoms with Crippen molar-refractivity contribution in [2.45, 2.75) is 38.6 Å². The van der Waals surface area contributed by atoms with E-state index < -0.39 is 0 Å². The Morgan fingerprint density at radius 1 is 1.47 bits per heavy atom. The Hall–Kier alpha value is -1.30. The topological polar surface area (TPSA) is 72.3 Å². The molecule has 1 aliphatic heterocycles. The summed E-state index contributed by atoms with van der Waals surface area (Å²) >= 11 is 0. The lowest BCUT2D eigenvalue weighted by Gasteiger charge is -2.31. The third-order valence-electron chi connectivity index (χ3n) is 3.02. The first-order valence-electron chi connectivity index (χ1n) is 5.25. The Kier molecular flexibility index (Phi) is 3.05. The third kappa shape index (κ3) is 2.38. The van der Waals surface area contributed by atoms with Crippen molar-refractivity contribution in [3.8, 4) is 0 Å². The fourth-order valence-corrected chi connectivity index (χ4v) is 2.06. The molecule has 0 amide bonds. The second-order valence-electron chi connectivity index (χ2n) is 4.16. The van der Waals surface area contributed by atoms with Crippen LogP contribution in [0.5, 0.6) is 0 Å². The Labute approximate surface area is 88.5 Å². The number of rotatable bonds is 2. The number of hydrogen-bond donors (Lipinski definition) is 1. The van der Waals surface area contributed by atoms with Crippen LogP contribution < -0.4 is 5.59 Å². The zero-order valence-electron chi connectivity index (χ0n) is 8.72. The lowest BCUT2D eigenvalue weighted by atomic mass is 9.87. The maximum absolute atomic E-state index is 9.90. The predicted molar refractivity (Wildman–Crippen MR) is 53.8 cm³/mol. The summed E-state index contributed by atoms with van der Waals surface area (Å²) in [5.41, 5.74) is 2.72. The van der Waals surface area contributed by atoms with Gasteiger partial charge in [0, 0.05) is 6.04 Å². The fourth-order valence-electron chi connectivity index (χ4n) is 2.06. The molecule has 1 N–H and O–H groups in total. The molecule has 0 aromatic rings. The van der Waals surface area contributed by atoms with Gasteiger partial charge in [-0.1, -0.05) is 12.5 Å². The Morgan fingerprint density at radius 2 is 2.20 bits per heavy atom. The van der Waals surface area contributed by atoms with Crippen molar-refractivity contribution in [2.75, 3.05) is 0 Å². The molecule has 1 heterocycles. The molecule has 1 saturated carbocycles. The summed E-state index contributed by atoms with van der Waals surface area (Å²) in [5, 5.41) is 17.5. The maximum atomic E-state index is 9.90. The highest BCUT2D eigenvalue weighted by molar-refractivity contribution is 4.94. The minimum absolute atomic E-state index is 0.226. The summed E-state index contributed by atoms with van der Waals surface area (Å²) in [6.45, 7) is 2.27. The van der Waals surface area contributed by atoms with Crippen molar-refractivity contribution in [1.82, 2.24) is 10.6 Å². The molecule has 2 aliphatic rings. The molecule has 0 aromatic carbocycles. The van der Waals surface area contributed by atoms with Gasteiger partial charge in [-0.2, -0.15) is 0 Å². The van der Waals surface area contributed by atoms with Crippen molar-refractivity contribution in [3.05, 3.63) is 17.3 Å². The molecule has 84 valence electrons. The highest BCUT2D eigenvalue weighted by Gasteiger charge is 2.26. The molecule has 0 saturated heterocycles. The van der Waals surface area contributed by atoms with Crippen molar-refractivity contribution in [2.24, 2.45) is 16.3 Å². The van der Waals surface area contributed by atoms with E-state index in [9.17, 15) is 5.21 Å². The molecule has 0 aromatic heterocycles. The normalized spacial score (nSPS) is 31.8. The van der Waals surface area contributed by atoms with Gasteiger partial charge in [0.25, 0.3) is 5.88 Å². The molecule has 0 radical (unpaired) electrons. The first-order valence-corrected chi connectivity index (χ1v) is 5.25. The monoisotopic (exact) mass is 211 g/mol. The number of nitrogens with one attached hydrogen (secondary N) is 1. The lowest BCUT2D eigenvalue weighted by molar-refractivity contribution is -0.0134. The van der Waals surface area contributed by atoms with Crippen LogP contribution in [0.1, 0.15) is 32.6 Å². The number of hydrazine groups is 1. The van der Waals surface area contributed by atoms with Crippen LogP contribution in [0.4, 0.5) is 0 Å². The van der Waals surface area contributed by atoms with Gasteiger partial charge >= 0.3 is 0 Å². The van der Waals surface area contributed by atoms with Crippen LogP contribution in [0.2, 0.25) is 0 Å². The largest absolute Gasteiger partial charge is 0.775 e. The van der Waals surface area contributed by atoms with E-state index in [2.05, 4.69) is 22.9 Å². The Balaban J connectivity index is 1.90. The molecule has 0 atom stereocenters. The molecule has 1 fully saturated rings. The van der Waals surface area contributed by atoms with Gasteiger partial charge in [0.05, 0.1) is 6.20 Å². The van der Waals surface area contributed by atoms with Gasteiger partial charge in [-0.05, 0) is 31.6 Å². The third-order valence-corrected chi connectivity index (χ3v) is 3.02. The first-order chi connectivity index (χ1) is 7.29. The van der Waals surface area contributed by atoms with Crippen LogP contribution in [0.25, 0.3) is 0 Å². The van der Waals surface area contributed by atoms with Crippen LogP contribution in [0.15, 0.2) is 22.5 Å². The highest BCUT2D eigenvalue weighted by Crippen LogP contribution is 2.28. The zero-order chi connectivity index (χ0) is 10.7. The van der Waals surface area contributed by atoms with Crippen molar-refractivity contribution in [1.29, 1.82) is 0 Å². The quantitative estimate of drug-likeness (QED) is 0.560. The fraction of sp³-hybridized carbons (Fsp3) is 0.778. The van der Waals surface area contributed by atoms with Crippen LogP contribution in [0.3, 0.4) is 0 Å². The van der Waals surface area contributed by atoms with Gasteiger partial charge in [0.1, 0.15) is 0 Å². The van der Waals surface area contributed by atoms with Gasteiger partial charge in [-0.15, -0.1) is 5.11 Å². The molecule has 2 rings (SSSR count). The average Bonchev–Trinajstić information content (AvgIpc) is 2.68. The van der Waals surface area contributed by atoms with E-state index >= 15 is 0 Å². The average molecular weight is 211 g/mol. The second kappa shape index (κ2) is 4.48. The molecule has 15 heavy (non-hydrogen) atoms. The molecule has 0 bridgehead atoms. The highest BCUT2D eigenvalue weighted by atomic mass is 16.7. The summed E-state index contributed by atoms with van der Waals surface area (Å²) in [4.78, 5) is 4.96. The van der Waals surface area contributed by atoms with Crippen molar-refractivity contribution >= 4 is 0 Å². The molecule has 6 nitrogen and oxygen atoms in total. The van der Waals surface area contributed by atoms with Gasteiger partial charge in [0.15, 0.2) is 0 Å². The van der Waals surface area contributed by atoms with Gasteiger partial charge in [-0.3, -0.25) is 5.01 Å². The van der Waals surface area contributed by atoms with Crippen LogP contribution in [-0.4, -0.2) is 11.1 Å². The second-order valence-corrected chi connectivity index (χ2v) is 4.16.